The number of rotatable bonds is 3. The molecule has 0 unspecified atom stereocenters. The average molecular weight is 317 g/mol. The van der Waals surface area contributed by atoms with Gasteiger partial charge in [0.05, 0.1) is 26.4 Å². The first kappa shape index (κ1) is 15.3. The molecule has 0 spiro atoms. The molecule has 2 aromatic rings. The number of anilines is 1. The number of fused-ring (bicyclic) bond motifs is 1. The number of aliphatic hydroxyl groups excluding tert-OH is 1. The van der Waals surface area contributed by atoms with Crippen molar-refractivity contribution in [1.82, 2.24) is 0 Å². The second-order valence-corrected chi connectivity index (χ2v) is 5.50. The van der Waals surface area contributed by atoms with Crippen molar-refractivity contribution in [2.24, 2.45) is 0 Å². The molecule has 6 heteroatoms. The van der Waals surface area contributed by atoms with Gasteiger partial charge in [0.1, 0.15) is 11.5 Å². The summed E-state index contributed by atoms with van der Waals surface area (Å²) < 4.78 is 10.6. The maximum absolute atomic E-state index is 10.5. The molecule has 6 nitrogen and oxygen atoms in total. The lowest BCUT2D eigenvalue weighted by Gasteiger charge is -2.33. The third-order valence-corrected chi connectivity index (χ3v) is 4.11. The summed E-state index contributed by atoms with van der Waals surface area (Å²) in [5, 5.41) is 32.9. The summed E-state index contributed by atoms with van der Waals surface area (Å²) in [5.41, 5.74) is 2.37. The van der Waals surface area contributed by atoms with Gasteiger partial charge in [-0.2, -0.15) is 0 Å². The lowest BCUT2D eigenvalue weighted by atomic mass is 9.90. The number of benzene rings is 2. The Labute approximate surface area is 133 Å². The van der Waals surface area contributed by atoms with Crippen molar-refractivity contribution in [3.63, 3.8) is 0 Å². The molecular weight excluding hydrogens is 298 g/mol. The number of phenols is 2. The van der Waals surface area contributed by atoms with Crippen LogP contribution in [0.2, 0.25) is 0 Å². The molecular formula is C17H19NO5. The number of methoxy groups -OCH3 is 2. The summed E-state index contributed by atoms with van der Waals surface area (Å²) in [5.74, 6) is 0.892. The molecule has 0 saturated carbocycles. The van der Waals surface area contributed by atoms with E-state index in [1.54, 1.807) is 26.4 Å². The highest BCUT2D eigenvalue weighted by atomic mass is 16.5. The minimum Gasteiger partial charge on any atom is -0.504 e. The Morgan fingerprint density at radius 3 is 2.48 bits per heavy atom. The van der Waals surface area contributed by atoms with E-state index < -0.39 is 12.1 Å². The fraction of sp³-hybridized carbons (Fsp3) is 0.294. The van der Waals surface area contributed by atoms with Gasteiger partial charge < -0.3 is 30.1 Å². The van der Waals surface area contributed by atoms with Crippen LogP contribution in [-0.2, 0) is 6.42 Å². The molecule has 3 rings (SSSR count). The van der Waals surface area contributed by atoms with E-state index in [4.69, 9.17) is 9.47 Å². The third kappa shape index (κ3) is 2.73. The van der Waals surface area contributed by atoms with Crippen molar-refractivity contribution < 1.29 is 24.8 Å². The van der Waals surface area contributed by atoms with Gasteiger partial charge in [0.15, 0.2) is 11.5 Å². The Morgan fingerprint density at radius 2 is 1.83 bits per heavy atom. The van der Waals surface area contributed by atoms with Crippen molar-refractivity contribution in [1.29, 1.82) is 0 Å². The zero-order valence-electron chi connectivity index (χ0n) is 12.9. The normalized spacial score (nSPS) is 19.6. The van der Waals surface area contributed by atoms with Crippen LogP contribution in [0.5, 0.6) is 23.0 Å². The fourth-order valence-corrected chi connectivity index (χ4v) is 2.89. The number of hydrogen-bond acceptors (Lipinski definition) is 6. The van der Waals surface area contributed by atoms with Gasteiger partial charge in [-0.05, 0) is 17.7 Å². The summed E-state index contributed by atoms with van der Waals surface area (Å²) in [6, 6.07) is 7.72. The van der Waals surface area contributed by atoms with Crippen molar-refractivity contribution in [2.75, 3.05) is 19.5 Å². The van der Waals surface area contributed by atoms with E-state index in [-0.39, 0.29) is 11.5 Å². The molecule has 2 aromatic carbocycles. The summed E-state index contributed by atoms with van der Waals surface area (Å²) in [4.78, 5) is 0. The van der Waals surface area contributed by atoms with Crippen LogP contribution >= 0.6 is 0 Å². The Morgan fingerprint density at radius 1 is 1.04 bits per heavy atom. The SMILES string of the molecule is COc1cc2c(c(OC)c1)C[C@@H](O)[C@@H](c1ccc(O)c(O)c1)N2. The first-order valence-corrected chi connectivity index (χ1v) is 7.25. The molecule has 0 radical (unpaired) electrons. The van der Waals surface area contributed by atoms with Crippen LogP contribution in [0.15, 0.2) is 30.3 Å². The highest BCUT2D eigenvalue weighted by Gasteiger charge is 2.30. The van der Waals surface area contributed by atoms with Crippen LogP contribution < -0.4 is 14.8 Å². The molecule has 2 atom stereocenters. The smallest absolute Gasteiger partial charge is 0.157 e. The van der Waals surface area contributed by atoms with E-state index in [1.807, 2.05) is 6.07 Å². The third-order valence-electron chi connectivity index (χ3n) is 4.11. The second kappa shape index (κ2) is 5.89. The van der Waals surface area contributed by atoms with E-state index in [1.165, 1.54) is 12.1 Å². The number of aliphatic hydroxyl groups is 1. The van der Waals surface area contributed by atoms with Gasteiger partial charge in [0, 0.05) is 29.8 Å². The van der Waals surface area contributed by atoms with Crippen LogP contribution in [0.3, 0.4) is 0 Å². The lowest BCUT2D eigenvalue weighted by Crippen LogP contribution is -2.32. The predicted octanol–water partition coefficient (Wildman–Crippen LogP) is 2.19. The van der Waals surface area contributed by atoms with Gasteiger partial charge in [-0.1, -0.05) is 6.07 Å². The van der Waals surface area contributed by atoms with Crippen molar-refractivity contribution in [3.8, 4) is 23.0 Å². The van der Waals surface area contributed by atoms with Gasteiger partial charge >= 0.3 is 0 Å². The van der Waals surface area contributed by atoms with Gasteiger partial charge in [-0.3, -0.25) is 0 Å². The Balaban J connectivity index is 2.00. The van der Waals surface area contributed by atoms with Crippen molar-refractivity contribution >= 4 is 5.69 Å². The highest BCUT2D eigenvalue weighted by Crippen LogP contribution is 2.41. The molecule has 1 aliphatic rings. The highest BCUT2D eigenvalue weighted by molar-refractivity contribution is 5.65. The molecule has 0 fully saturated rings. The minimum atomic E-state index is -0.700. The minimum absolute atomic E-state index is 0.192. The molecule has 0 bridgehead atoms. The maximum Gasteiger partial charge on any atom is 0.157 e. The molecule has 0 saturated heterocycles. The predicted molar refractivity (Wildman–Crippen MR) is 85.4 cm³/mol. The number of ether oxygens (including phenoxy) is 2. The van der Waals surface area contributed by atoms with E-state index in [0.29, 0.717) is 23.5 Å². The number of hydrogen-bond donors (Lipinski definition) is 4. The molecule has 0 aromatic heterocycles. The van der Waals surface area contributed by atoms with Crippen molar-refractivity contribution in [2.45, 2.75) is 18.6 Å². The standard InChI is InChI=1S/C17H19NO5/c1-22-10-6-12-11(16(7-10)23-2)8-15(21)17(18-12)9-3-4-13(19)14(20)5-9/h3-7,15,17-21H,8H2,1-2H3/t15-,17-/m1/s1. The van der Waals surface area contributed by atoms with Gasteiger partial charge in [-0.15, -0.1) is 0 Å². The number of nitrogens with one attached hydrogen (secondary N) is 1. The summed E-state index contributed by atoms with van der Waals surface area (Å²) in [6.45, 7) is 0. The first-order valence-electron chi connectivity index (χ1n) is 7.25. The largest absolute Gasteiger partial charge is 0.504 e. The number of phenolic OH excluding ortho intramolecular Hbond substituents is 2. The van der Waals surface area contributed by atoms with Crippen LogP contribution in [-0.4, -0.2) is 35.6 Å². The Kier molecular flexibility index (Phi) is 3.92. The van der Waals surface area contributed by atoms with Crippen LogP contribution in [0.1, 0.15) is 17.2 Å². The topological polar surface area (TPSA) is 91.2 Å². The van der Waals surface area contributed by atoms with Crippen LogP contribution in [0.25, 0.3) is 0 Å². The van der Waals surface area contributed by atoms with Crippen LogP contribution in [0.4, 0.5) is 5.69 Å². The molecule has 23 heavy (non-hydrogen) atoms. The summed E-state index contributed by atoms with van der Waals surface area (Å²) >= 11 is 0. The van der Waals surface area contributed by atoms with Gasteiger partial charge in [0.25, 0.3) is 0 Å². The molecule has 1 heterocycles. The zero-order chi connectivity index (χ0) is 16.6. The van der Waals surface area contributed by atoms with E-state index >= 15 is 0 Å². The first-order chi connectivity index (χ1) is 11.0. The van der Waals surface area contributed by atoms with E-state index in [0.717, 1.165) is 11.3 Å². The molecule has 0 aliphatic carbocycles. The molecule has 122 valence electrons. The van der Waals surface area contributed by atoms with Crippen LogP contribution in [0, 0.1) is 0 Å². The lowest BCUT2D eigenvalue weighted by molar-refractivity contribution is 0.147. The monoisotopic (exact) mass is 317 g/mol. The van der Waals surface area contributed by atoms with Gasteiger partial charge in [0.2, 0.25) is 0 Å². The number of aromatic hydroxyl groups is 2. The quantitative estimate of drug-likeness (QED) is 0.649. The summed E-state index contributed by atoms with van der Waals surface area (Å²) in [6.07, 6.45) is -0.296. The van der Waals surface area contributed by atoms with E-state index in [2.05, 4.69) is 5.32 Å². The molecule has 1 aliphatic heterocycles. The molecule has 4 N–H and O–H groups in total. The fourth-order valence-electron chi connectivity index (χ4n) is 2.89. The van der Waals surface area contributed by atoms with Crippen molar-refractivity contribution in [3.05, 3.63) is 41.5 Å². The average Bonchev–Trinajstić information content (AvgIpc) is 2.56. The zero-order valence-corrected chi connectivity index (χ0v) is 12.9. The molecule has 0 amide bonds. The summed E-state index contributed by atoms with van der Waals surface area (Å²) in [7, 11) is 3.15. The Bertz CT molecular complexity index is 731. The second-order valence-electron chi connectivity index (χ2n) is 5.50. The maximum atomic E-state index is 10.5. The van der Waals surface area contributed by atoms with Gasteiger partial charge in [-0.25, -0.2) is 0 Å². The van der Waals surface area contributed by atoms with E-state index in [9.17, 15) is 15.3 Å². The Hall–Kier alpha value is -2.60.